The van der Waals surface area contributed by atoms with E-state index in [1.165, 1.54) is 0 Å². The van der Waals surface area contributed by atoms with Gasteiger partial charge in [-0.3, -0.25) is 9.69 Å². The quantitative estimate of drug-likeness (QED) is 0.722. The molecular weight excluding hydrogens is 214 g/mol. The predicted molar refractivity (Wildman–Crippen MR) is 68.5 cm³/mol. The first-order valence-electron chi connectivity index (χ1n) is 6.47. The summed E-state index contributed by atoms with van der Waals surface area (Å²) in [4.78, 5) is 16.6. The second kappa shape index (κ2) is 4.78. The molecule has 0 aromatic heterocycles. The predicted octanol–water partition coefficient (Wildman–Crippen LogP) is 0.444. The van der Waals surface area contributed by atoms with Crippen molar-refractivity contribution < 1.29 is 4.79 Å². The van der Waals surface area contributed by atoms with Crippen LogP contribution in [0.3, 0.4) is 0 Å². The van der Waals surface area contributed by atoms with Gasteiger partial charge in [0, 0.05) is 32.7 Å². The number of carbonyl (C=O) groups is 1. The fourth-order valence-electron chi connectivity index (χ4n) is 2.51. The zero-order chi connectivity index (χ0) is 12.5. The number of amides is 1. The van der Waals surface area contributed by atoms with Crippen molar-refractivity contribution in [2.45, 2.75) is 25.3 Å². The summed E-state index contributed by atoms with van der Waals surface area (Å²) in [6, 6.07) is 0. The van der Waals surface area contributed by atoms with Gasteiger partial charge in [0.2, 0.25) is 5.91 Å². The lowest BCUT2D eigenvalue weighted by Gasteiger charge is -2.38. The van der Waals surface area contributed by atoms with E-state index in [1.54, 1.807) is 0 Å². The molecule has 17 heavy (non-hydrogen) atoms. The molecule has 2 fully saturated rings. The van der Waals surface area contributed by atoms with Gasteiger partial charge in [-0.2, -0.15) is 0 Å². The molecule has 1 heterocycles. The van der Waals surface area contributed by atoms with Crippen LogP contribution < -0.4 is 5.73 Å². The van der Waals surface area contributed by atoms with E-state index < -0.39 is 5.54 Å². The molecule has 1 saturated carbocycles. The Morgan fingerprint density at radius 1 is 1.41 bits per heavy atom. The molecule has 1 amide bonds. The van der Waals surface area contributed by atoms with Gasteiger partial charge in [0.15, 0.2) is 0 Å². The zero-order valence-corrected chi connectivity index (χ0v) is 10.7. The van der Waals surface area contributed by atoms with Gasteiger partial charge >= 0.3 is 0 Å². The van der Waals surface area contributed by atoms with Gasteiger partial charge in [-0.15, -0.1) is 6.58 Å². The van der Waals surface area contributed by atoms with Crippen LogP contribution in [0.25, 0.3) is 0 Å². The van der Waals surface area contributed by atoms with E-state index >= 15 is 0 Å². The smallest absolute Gasteiger partial charge is 0.242 e. The minimum Gasteiger partial charge on any atom is -0.339 e. The van der Waals surface area contributed by atoms with Gasteiger partial charge in [0.25, 0.3) is 0 Å². The summed E-state index contributed by atoms with van der Waals surface area (Å²) in [5.41, 5.74) is 5.53. The summed E-state index contributed by atoms with van der Waals surface area (Å²) in [6.45, 7) is 9.99. The lowest BCUT2D eigenvalue weighted by atomic mass is 9.95. The number of piperazine rings is 1. The molecule has 1 aliphatic carbocycles. The molecule has 0 aromatic carbocycles. The van der Waals surface area contributed by atoms with Gasteiger partial charge in [-0.25, -0.2) is 0 Å². The van der Waals surface area contributed by atoms with Crippen molar-refractivity contribution in [2.24, 2.45) is 11.7 Å². The van der Waals surface area contributed by atoms with Crippen molar-refractivity contribution in [3.63, 3.8) is 0 Å². The van der Waals surface area contributed by atoms with Gasteiger partial charge in [-0.05, 0) is 25.7 Å². The molecule has 1 atom stereocenters. The fourth-order valence-corrected chi connectivity index (χ4v) is 2.51. The number of hydrogen-bond donors (Lipinski definition) is 1. The molecule has 0 spiro atoms. The molecule has 4 nitrogen and oxygen atoms in total. The molecule has 1 unspecified atom stereocenters. The lowest BCUT2D eigenvalue weighted by Crippen LogP contribution is -2.59. The molecule has 2 N–H and O–H groups in total. The maximum absolute atomic E-state index is 12.3. The average molecular weight is 237 g/mol. The molecule has 0 aromatic rings. The third-order valence-electron chi connectivity index (χ3n) is 3.93. The van der Waals surface area contributed by atoms with E-state index in [1.807, 2.05) is 17.9 Å². The topological polar surface area (TPSA) is 49.6 Å². The van der Waals surface area contributed by atoms with Crippen LogP contribution in [0.5, 0.6) is 0 Å². The van der Waals surface area contributed by atoms with Gasteiger partial charge in [-0.1, -0.05) is 6.08 Å². The molecule has 96 valence electrons. The Kier molecular flexibility index (Phi) is 3.54. The highest BCUT2D eigenvalue weighted by Gasteiger charge is 2.46. The van der Waals surface area contributed by atoms with Crippen molar-refractivity contribution >= 4 is 5.91 Å². The Morgan fingerprint density at radius 2 is 2.00 bits per heavy atom. The third kappa shape index (κ3) is 2.69. The summed E-state index contributed by atoms with van der Waals surface area (Å²) < 4.78 is 0. The normalized spacial score (nSPS) is 25.4. The van der Waals surface area contributed by atoms with Crippen LogP contribution in [-0.2, 0) is 4.79 Å². The van der Waals surface area contributed by atoms with Gasteiger partial charge < -0.3 is 10.6 Å². The summed E-state index contributed by atoms with van der Waals surface area (Å²) in [6.07, 6.45) is 4.12. The monoisotopic (exact) mass is 237 g/mol. The summed E-state index contributed by atoms with van der Waals surface area (Å²) in [5.74, 6) is 0.541. The van der Waals surface area contributed by atoms with E-state index in [0.717, 1.165) is 45.6 Å². The lowest BCUT2D eigenvalue weighted by molar-refractivity contribution is -0.138. The Labute approximate surface area is 103 Å². The highest BCUT2D eigenvalue weighted by atomic mass is 16.2. The van der Waals surface area contributed by atoms with Crippen molar-refractivity contribution in [3.8, 4) is 0 Å². The molecule has 1 saturated heterocycles. The SMILES string of the molecule is C=CCN1CCN(C(=O)C(C)(N)C2CC2)CC1. The largest absolute Gasteiger partial charge is 0.339 e. The summed E-state index contributed by atoms with van der Waals surface area (Å²) >= 11 is 0. The first-order chi connectivity index (χ1) is 8.05. The fraction of sp³-hybridized carbons (Fsp3) is 0.769. The minimum absolute atomic E-state index is 0.137. The molecule has 2 rings (SSSR count). The second-order valence-electron chi connectivity index (χ2n) is 5.44. The summed E-state index contributed by atoms with van der Waals surface area (Å²) in [5, 5.41) is 0. The zero-order valence-electron chi connectivity index (χ0n) is 10.7. The number of rotatable bonds is 4. The Balaban J connectivity index is 1.87. The van der Waals surface area contributed by atoms with Crippen LogP contribution in [0.2, 0.25) is 0 Å². The van der Waals surface area contributed by atoms with E-state index in [9.17, 15) is 4.79 Å². The van der Waals surface area contributed by atoms with Gasteiger partial charge in [0.1, 0.15) is 0 Å². The van der Waals surface area contributed by atoms with E-state index in [4.69, 9.17) is 5.73 Å². The molecule has 2 aliphatic rings. The van der Waals surface area contributed by atoms with Crippen molar-refractivity contribution in [3.05, 3.63) is 12.7 Å². The highest BCUT2D eigenvalue weighted by molar-refractivity contribution is 5.86. The molecular formula is C13H23N3O. The van der Waals surface area contributed by atoms with Crippen molar-refractivity contribution in [1.82, 2.24) is 9.80 Å². The van der Waals surface area contributed by atoms with E-state index in [0.29, 0.717) is 5.92 Å². The number of carbonyl (C=O) groups excluding carboxylic acids is 1. The second-order valence-corrected chi connectivity index (χ2v) is 5.44. The number of nitrogens with two attached hydrogens (primary N) is 1. The van der Waals surface area contributed by atoms with Crippen LogP contribution in [0.4, 0.5) is 0 Å². The number of nitrogens with zero attached hydrogens (tertiary/aromatic N) is 2. The standard InChI is InChI=1S/C13H23N3O/c1-3-6-15-7-9-16(10-8-15)12(17)13(2,14)11-4-5-11/h3,11H,1,4-10,14H2,2H3. The molecule has 0 radical (unpaired) electrons. The maximum atomic E-state index is 12.3. The first kappa shape index (κ1) is 12.6. The van der Waals surface area contributed by atoms with Crippen molar-refractivity contribution in [2.75, 3.05) is 32.7 Å². The van der Waals surface area contributed by atoms with Crippen LogP contribution in [0, 0.1) is 5.92 Å². The van der Waals surface area contributed by atoms with Crippen LogP contribution in [0.15, 0.2) is 12.7 Å². The number of hydrogen-bond acceptors (Lipinski definition) is 3. The average Bonchev–Trinajstić information content (AvgIpc) is 3.13. The van der Waals surface area contributed by atoms with E-state index in [-0.39, 0.29) is 5.91 Å². The van der Waals surface area contributed by atoms with Crippen molar-refractivity contribution in [1.29, 1.82) is 0 Å². The minimum atomic E-state index is -0.638. The highest BCUT2D eigenvalue weighted by Crippen LogP contribution is 2.39. The van der Waals surface area contributed by atoms with Crippen LogP contribution >= 0.6 is 0 Å². The summed E-state index contributed by atoms with van der Waals surface area (Å²) in [7, 11) is 0. The Morgan fingerprint density at radius 3 is 2.47 bits per heavy atom. The molecule has 0 bridgehead atoms. The molecule has 1 aliphatic heterocycles. The maximum Gasteiger partial charge on any atom is 0.242 e. The first-order valence-corrected chi connectivity index (χ1v) is 6.47. The third-order valence-corrected chi connectivity index (χ3v) is 3.93. The van der Waals surface area contributed by atoms with Crippen LogP contribution in [0.1, 0.15) is 19.8 Å². The van der Waals surface area contributed by atoms with Crippen LogP contribution in [-0.4, -0.2) is 54.0 Å². The van der Waals surface area contributed by atoms with E-state index in [2.05, 4.69) is 11.5 Å². The Bertz CT molecular complexity index is 302. The van der Waals surface area contributed by atoms with Gasteiger partial charge in [0.05, 0.1) is 5.54 Å². The molecule has 4 heteroatoms. The Hall–Kier alpha value is -0.870.